The van der Waals surface area contributed by atoms with Gasteiger partial charge in [0.1, 0.15) is 0 Å². The van der Waals surface area contributed by atoms with E-state index in [4.69, 9.17) is 4.74 Å². The van der Waals surface area contributed by atoms with Gasteiger partial charge in [-0.3, -0.25) is 4.79 Å². The molecule has 1 aliphatic heterocycles. The standard InChI is InChI=1S/C18H27N3O3/c1-4-21(11-14-9-10-24-12-14)17(22)15-5-7-16(8-6-15)20-18(23)19-13(2)3/h5-8,13-14H,4,9-12H2,1-3H3,(H2,19,20,23). The molecule has 0 bridgehead atoms. The summed E-state index contributed by atoms with van der Waals surface area (Å²) in [4.78, 5) is 26.2. The SMILES string of the molecule is CCN(CC1CCOC1)C(=O)c1ccc(NC(=O)NC(C)C)cc1. The van der Waals surface area contributed by atoms with Gasteiger partial charge in [-0.15, -0.1) is 0 Å². The molecule has 1 aromatic rings. The number of carbonyl (C=O) groups is 2. The van der Waals surface area contributed by atoms with E-state index in [9.17, 15) is 9.59 Å². The van der Waals surface area contributed by atoms with Gasteiger partial charge in [0.15, 0.2) is 0 Å². The third-order valence-corrected chi connectivity index (χ3v) is 3.98. The lowest BCUT2D eigenvalue weighted by molar-refractivity contribution is 0.0731. The highest BCUT2D eigenvalue weighted by atomic mass is 16.5. The fourth-order valence-corrected chi connectivity index (χ4v) is 2.70. The van der Waals surface area contributed by atoms with Crippen molar-refractivity contribution in [1.82, 2.24) is 10.2 Å². The summed E-state index contributed by atoms with van der Waals surface area (Å²) in [7, 11) is 0. The van der Waals surface area contributed by atoms with Crippen LogP contribution in [0.5, 0.6) is 0 Å². The highest BCUT2D eigenvalue weighted by Gasteiger charge is 2.22. The zero-order valence-corrected chi connectivity index (χ0v) is 14.7. The van der Waals surface area contributed by atoms with E-state index >= 15 is 0 Å². The molecular formula is C18H27N3O3. The molecule has 3 amide bonds. The molecule has 6 nitrogen and oxygen atoms in total. The highest BCUT2D eigenvalue weighted by molar-refractivity contribution is 5.95. The Bertz CT molecular complexity index is 551. The number of anilines is 1. The molecule has 0 radical (unpaired) electrons. The molecule has 1 saturated heterocycles. The van der Waals surface area contributed by atoms with E-state index in [2.05, 4.69) is 10.6 Å². The molecule has 6 heteroatoms. The van der Waals surface area contributed by atoms with Gasteiger partial charge in [-0.2, -0.15) is 0 Å². The Morgan fingerprint density at radius 3 is 2.54 bits per heavy atom. The number of hydrogen-bond acceptors (Lipinski definition) is 3. The van der Waals surface area contributed by atoms with Crippen molar-refractivity contribution in [1.29, 1.82) is 0 Å². The molecule has 24 heavy (non-hydrogen) atoms. The summed E-state index contributed by atoms with van der Waals surface area (Å²) >= 11 is 0. The van der Waals surface area contributed by atoms with Crippen molar-refractivity contribution >= 4 is 17.6 Å². The summed E-state index contributed by atoms with van der Waals surface area (Å²) in [5.41, 5.74) is 1.29. The molecule has 132 valence electrons. The van der Waals surface area contributed by atoms with Crippen LogP contribution in [0.4, 0.5) is 10.5 Å². The molecule has 1 atom stereocenters. The molecule has 0 saturated carbocycles. The summed E-state index contributed by atoms with van der Waals surface area (Å²) in [6.07, 6.45) is 1.01. The Hall–Kier alpha value is -2.08. The van der Waals surface area contributed by atoms with Gasteiger partial charge >= 0.3 is 6.03 Å². The van der Waals surface area contributed by atoms with Gasteiger partial charge in [0.2, 0.25) is 0 Å². The molecule has 0 spiro atoms. The molecule has 1 heterocycles. The van der Waals surface area contributed by atoms with Gasteiger partial charge in [0.25, 0.3) is 5.91 Å². The number of urea groups is 1. The first-order valence-corrected chi connectivity index (χ1v) is 8.54. The maximum Gasteiger partial charge on any atom is 0.319 e. The number of benzene rings is 1. The van der Waals surface area contributed by atoms with Crippen molar-refractivity contribution in [3.63, 3.8) is 0 Å². The second kappa shape index (κ2) is 8.68. The van der Waals surface area contributed by atoms with Crippen LogP contribution in [0.25, 0.3) is 0 Å². The van der Waals surface area contributed by atoms with E-state index in [1.807, 2.05) is 25.7 Å². The van der Waals surface area contributed by atoms with Crippen molar-refractivity contribution in [3.8, 4) is 0 Å². The van der Waals surface area contributed by atoms with Crippen LogP contribution in [0.2, 0.25) is 0 Å². The zero-order chi connectivity index (χ0) is 17.5. The first kappa shape index (κ1) is 18.3. The van der Waals surface area contributed by atoms with E-state index in [-0.39, 0.29) is 18.0 Å². The number of amides is 3. The normalized spacial score (nSPS) is 16.9. The van der Waals surface area contributed by atoms with E-state index in [1.54, 1.807) is 24.3 Å². The number of rotatable bonds is 6. The van der Waals surface area contributed by atoms with E-state index in [0.29, 0.717) is 23.7 Å². The van der Waals surface area contributed by atoms with Crippen LogP contribution in [0.3, 0.4) is 0 Å². The van der Waals surface area contributed by atoms with Crippen molar-refractivity contribution in [2.75, 3.05) is 31.6 Å². The predicted molar refractivity (Wildman–Crippen MR) is 94.2 cm³/mol. The summed E-state index contributed by atoms with van der Waals surface area (Å²) < 4.78 is 5.38. The molecule has 1 fully saturated rings. The second-order valence-corrected chi connectivity index (χ2v) is 6.40. The maximum atomic E-state index is 12.6. The first-order valence-electron chi connectivity index (χ1n) is 8.54. The lowest BCUT2D eigenvalue weighted by Crippen LogP contribution is -2.35. The minimum Gasteiger partial charge on any atom is -0.381 e. The van der Waals surface area contributed by atoms with Crippen molar-refractivity contribution < 1.29 is 14.3 Å². The van der Waals surface area contributed by atoms with E-state index < -0.39 is 0 Å². The Labute approximate surface area is 143 Å². The number of ether oxygens (including phenoxy) is 1. The minimum atomic E-state index is -0.250. The summed E-state index contributed by atoms with van der Waals surface area (Å²) in [6, 6.07) is 6.82. The van der Waals surface area contributed by atoms with Crippen LogP contribution in [0.1, 0.15) is 37.6 Å². The summed E-state index contributed by atoms with van der Waals surface area (Å²) in [5, 5.41) is 5.51. The molecule has 1 unspecified atom stereocenters. The van der Waals surface area contributed by atoms with Crippen molar-refractivity contribution in [3.05, 3.63) is 29.8 Å². The number of nitrogens with zero attached hydrogens (tertiary/aromatic N) is 1. The Morgan fingerprint density at radius 1 is 1.29 bits per heavy atom. The van der Waals surface area contributed by atoms with E-state index in [0.717, 1.165) is 26.2 Å². The molecule has 2 rings (SSSR count). The lowest BCUT2D eigenvalue weighted by Gasteiger charge is -2.24. The van der Waals surface area contributed by atoms with Crippen molar-refractivity contribution in [2.24, 2.45) is 5.92 Å². The second-order valence-electron chi connectivity index (χ2n) is 6.40. The average molecular weight is 333 g/mol. The third-order valence-electron chi connectivity index (χ3n) is 3.98. The smallest absolute Gasteiger partial charge is 0.319 e. The quantitative estimate of drug-likeness (QED) is 0.841. The third kappa shape index (κ3) is 5.23. The van der Waals surface area contributed by atoms with Crippen LogP contribution < -0.4 is 10.6 Å². The topological polar surface area (TPSA) is 70.7 Å². The first-order chi connectivity index (χ1) is 11.5. The van der Waals surface area contributed by atoms with Crippen LogP contribution in [-0.4, -0.2) is 49.2 Å². The maximum absolute atomic E-state index is 12.6. The Morgan fingerprint density at radius 2 is 2.00 bits per heavy atom. The number of hydrogen-bond donors (Lipinski definition) is 2. The largest absolute Gasteiger partial charge is 0.381 e. The van der Waals surface area contributed by atoms with Gasteiger partial charge in [0, 0.05) is 42.9 Å². The van der Waals surface area contributed by atoms with Gasteiger partial charge in [-0.1, -0.05) is 0 Å². The number of carbonyl (C=O) groups excluding carboxylic acids is 2. The molecular weight excluding hydrogens is 306 g/mol. The van der Waals surface area contributed by atoms with E-state index in [1.165, 1.54) is 0 Å². The average Bonchev–Trinajstić information content (AvgIpc) is 3.05. The Balaban J connectivity index is 1.95. The van der Waals surface area contributed by atoms with Crippen LogP contribution >= 0.6 is 0 Å². The van der Waals surface area contributed by atoms with Crippen molar-refractivity contribution in [2.45, 2.75) is 33.2 Å². The predicted octanol–water partition coefficient (Wildman–Crippen LogP) is 2.72. The molecule has 2 N–H and O–H groups in total. The fraction of sp³-hybridized carbons (Fsp3) is 0.556. The van der Waals surface area contributed by atoms with Gasteiger partial charge in [-0.05, 0) is 51.5 Å². The summed E-state index contributed by atoms with van der Waals surface area (Å²) in [6.45, 7) is 8.71. The minimum absolute atomic E-state index is 0.0163. The van der Waals surface area contributed by atoms with Gasteiger partial charge in [0.05, 0.1) is 6.61 Å². The van der Waals surface area contributed by atoms with Gasteiger partial charge in [-0.25, -0.2) is 4.79 Å². The number of nitrogens with one attached hydrogen (secondary N) is 2. The Kier molecular flexibility index (Phi) is 6.61. The van der Waals surface area contributed by atoms with Gasteiger partial charge < -0.3 is 20.3 Å². The molecule has 0 aromatic heterocycles. The summed E-state index contributed by atoms with van der Waals surface area (Å²) in [5.74, 6) is 0.442. The monoisotopic (exact) mass is 333 g/mol. The van der Waals surface area contributed by atoms with Crippen LogP contribution in [0.15, 0.2) is 24.3 Å². The van der Waals surface area contributed by atoms with Crippen LogP contribution in [-0.2, 0) is 4.74 Å². The zero-order valence-electron chi connectivity index (χ0n) is 14.7. The molecule has 1 aliphatic rings. The highest BCUT2D eigenvalue weighted by Crippen LogP contribution is 2.17. The lowest BCUT2D eigenvalue weighted by atomic mass is 10.1. The molecule has 0 aliphatic carbocycles. The fourth-order valence-electron chi connectivity index (χ4n) is 2.70. The molecule has 1 aromatic carbocycles. The van der Waals surface area contributed by atoms with Crippen LogP contribution in [0, 0.1) is 5.92 Å².